The molecule has 0 aliphatic heterocycles. The summed E-state index contributed by atoms with van der Waals surface area (Å²) in [4.78, 5) is 11.2. The molecule has 1 atom stereocenters. The summed E-state index contributed by atoms with van der Waals surface area (Å²) in [6, 6.07) is 0. The summed E-state index contributed by atoms with van der Waals surface area (Å²) in [6.45, 7) is 4.41. The van der Waals surface area contributed by atoms with Crippen molar-refractivity contribution in [3.63, 3.8) is 0 Å². The molecule has 0 bridgehead atoms. The smallest absolute Gasteiger partial charge is 0.311 e. The van der Waals surface area contributed by atoms with E-state index in [4.69, 9.17) is 4.74 Å². The van der Waals surface area contributed by atoms with Crippen molar-refractivity contribution in [2.75, 3.05) is 0 Å². The summed E-state index contributed by atoms with van der Waals surface area (Å²) in [5.41, 5.74) is 0. The lowest BCUT2D eigenvalue weighted by molar-refractivity contribution is -0.162. The van der Waals surface area contributed by atoms with Crippen LogP contribution in [0, 0.1) is 5.92 Å². The van der Waals surface area contributed by atoms with E-state index < -0.39 is 21.7 Å². The van der Waals surface area contributed by atoms with Gasteiger partial charge < -0.3 is 4.74 Å². The van der Waals surface area contributed by atoms with Gasteiger partial charge in [0.25, 0.3) is 10.1 Å². The number of hydrogen-bond donors (Lipinski definition) is 0. The van der Waals surface area contributed by atoms with Crippen molar-refractivity contribution in [1.82, 2.24) is 0 Å². The monoisotopic (exact) mass is 236 g/mol. The van der Waals surface area contributed by atoms with Crippen LogP contribution in [0.15, 0.2) is 0 Å². The van der Waals surface area contributed by atoms with E-state index in [1.165, 1.54) is 20.8 Å². The lowest BCUT2D eigenvalue weighted by atomic mass is 10.4. The molecular weight excluding hydrogens is 220 g/mol. The van der Waals surface area contributed by atoms with Gasteiger partial charge in [-0.1, -0.05) is 0 Å². The molecule has 0 amide bonds. The molecule has 1 saturated carbocycles. The number of carbonyl (C=O) groups is 1. The van der Waals surface area contributed by atoms with Gasteiger partial charge in [0.05, 0.1) is 11.2 Å². The Morgan fingerprint density at radius 3 is 2.20 bits per heavy atom. The van der Waals surface area contributed by atoms with Gasteiger partial charge in [0.2, 0.25) is 6.29 Å². The van der Waals surface area contributed by atoms with Crippen molar-refractivity contribution in [3.8, 4) is 0 Å². The molecule has 6 heteroatoms. The van der Waals surface area contributed by atoms with Crippen LogP contribution >= 0.6 is 0 Å². The maximum absolute atomic E-state index is 11.3. The van der Waals surface area contributed by atoms with Gasteiger partial charge in [-0.05, 0) is 33.6 Å². The molecule has 0 heterocycles. The van der Waals surface area contributed by atoms with E-state index in [2.05, 4.69) is 4.18 Å². The van der Waals surface area contributed by atoms with Gasteiger partial charge in [-0.3, -0.25) is 4.79 Å². The lowest BCUT2D eigenvalue weighted by Gasteiger charge is -2.15. The van der Waals surface area contributed by atoms with Gasteiger partial charge in [0.15, 0.2) is 0 Å². The van der Waals surface area contributed by atoms with E-state index in [0.29, 0.717) is 0 Å². The molecule has 0 aromatic heterocycles. The Bertz CT molecular complexity index is 328. The Kier molecular flexibility index (Phi) is 3.72. The minimum atomic E-state index is -3.63. The molecule has 88 valence electrons. The third kappa shape index (κ3) is 3.79. The Labute approximate surface area is 89.9 Å². The Hall–Kier alpha value is -0.620. The molecule has 15 heavy (non-hydrogen) atoms. The van der Waals surface area contributed by atoms with E-state index in [1.807, 2.05) is 0 Å². The van der Waals surface area contributed by atoms with Crippen LogP contribution in [-0.4, -0.2) is 25.9 Å². The fraction of sp³-hybridized carbons (Fsp3) is 0.889. The van der Waals surface area contributed by atoms with Gasteiger partial charge in [-0.2, -0.15) is 8.42 Å². The highest BCUT2D eigenvalue weighted by molar-refractivity contribution is 7.87. The minimum absolute atomic E-state index is 0.0576. The topological polar surface area (TPSA) is 69.7 Å². The fourth-order valence-electron chi connectivity index (χ4n) is 0.898. The molecule has 1 aliphatic rings. The van der Waals surface area contributed by atoms with Crippen molar-refractivity contribution >= 4 is 16.1 Å². The van der Waals surface area contributed by atoms with Crippen LogP contribution in [-0.2, 0) is 23.8 Å². The zero-order valence-electron chi connectivity index (χ0n) is 9.10. The highest BCUT2D eigenvalue weighted by atomic mass is 32.2. The molecule has 0 N–H and O–H groups in total. The predicted octanol–water partition coefficient (Wildman–Crippen LogP) is 1.04. The number of ether oxygens (including phenoxy) is 1. The van der Waals surface area contributed by atoms with Crippen LogP contribution in [0.1, 0.15) is 33.6 Å². The summed E-state index contributed by atoms with van der Waals surface area (Å²) >= 11 is 0. The van der Waals surface area contributed by atoms with Gasteiger partial charge >= 0.3 is 5.97 Å². The Morgan fingerprint density at radius 2 is 1.80 bits per heavy atom. The van der Waals surface area contributed by atoms with Crippen molar-refractivity contribution in [1.29, 1.82) is 0 Å². The van der Waals surface area contributed by atoms with Crippen LogP contribution < -0.4 is 0 Å². The molecule has 0 aromatic carbocycles. The molecule has 1 rings (SSSR count). The molecular formula is C9H16O5S. The second kappa shape index (κ2) is 4.49. The van der Waals surface area contributed by atoms with Gasteiger partial charge in [0, 0.05) is 0 Å². The van der Waals surface area contributed by atoms with E-state index in [0.717, 1.165) is 12.8 Å². The lowest BCUT2D eigenvalue weighted by Crippen LogP contribution is -2.26. The Balaban J connectivity index is 2.41. The normalized spacial score (nSPS) is 18.9. The summed E-state index contributed by atoms with van der Waals surface area (Å²) in [5, 5.41) is -0.639. The SMILES string of the molecule is CC(OC(=O)C1CC1)OS(=O)(=O)C(C)C. The van der Waals surface area contributed by atoms with E-state index in [1.54, 1.807) is 0 Å². The number of esters is 1. The first kappa shape index (κ1) is 12.4. The largest absolute Gasteiger partial charge is 0.435 e. The average molecular weight is 236 g/mol. The summed E-state index contributed by atoms with van der Waals surface area (Å²) < 4.78 is 32.1. The second-order valence-electron chi connectivity index (χ2n) is 3.92. The summed E-state index contributed by atoms with van der Waals surface area (Å²) in [7, 11) is -3.63. The van der Waals surface area contributed by atoms with Gasteiger partial charge in [0.1, 0.15) is 0 Å². The Morgan fingerprint density at radius 1 is 1.27 bits per heavy atom. The first-order chi connectivity index (χ1) is 6.83. The molecule has 5 nitrogen and oxygen atoms in total. The number of carbonyl (C=O) groups excluding carboxylic acids is 1. The third-order valence-electron chi connectivity index (χ3n) is 2.04. The summed E-state index contributed by atoms with van der Waals surface area (Å²) in [6.07, 6.45) is 0.607. The van der Waals surface area contributed by atoms with Crippen LogP contribution in [0.25, 0.3) is 0 Å². The van der Waals surface area contributed by atoms with Crippen molar-refractivity contribution in [2.24, 2.45) is 5.92 Å². The van der Waals surface area contributed by atoms with Crippen molar-refractivity contribution in [2.45, 2.75) is 45.2 Å². The first-order valence-corrected chi connectivity index (χ1v) is 6.42. The van der Waals surface area contributed by atoms with Crippen molar-refractivity contribution in [3.05, 3.63) is 0 Å². The zero-order valence-corrected chi connectivity index (χ0v) is 9.91. The number of rotatable bonds is 5. The fourth-order valence-corrected chi connectivity index (χ4v) is 1.54. The standard InChI is InChI=1S/C9H16O5S/c1-6(2)15(11,12)14-7(3)13-9(10)8-4-5-8/h6-8H,4-5H2,1-3H3. The van der Waals surface area contributed by atoms with Crippen LogP contribution in [0.3, 0.4) is 0 Å². The zero-order chi connectivity index (χ0) is 11.6. The molecule has 1 unspecified atom stereocenters. The first-order valence-electron chi connectivity index (χ1n) is 4.95. The average Bonchev–Trinajstić information content (AvgIpc) is 2.83. The quantitative estimate of drug-likeness (QED) is 0.405. The van der Waals surface area contributed by atoms with E-state index in [-0.39, 0.29) is 11.9 Å². The van der Waals surface area contributed by atoms with E-state index in [9.17, 15) is 13.2 Å². The van der Waals surface area contributed by atoms with Crippen molar-refractivity contribution < 1.29 is 22.1 Å². The van der Waals surface area contributed by atoms with E-state index >= 15 is 0 Å². The van der Waals surface area contributed by atoms with Crippen LogP contribution in [0.5, 0.6) is 0 Å². The molecule has 1 aliphatic carbocycles. The maximum Gasteiger partial charge on any atom is 0.311 e. The molecule has 0 saturated heterocycles. The highest BCUT2D eigenvalue weighted by Crippen LogP contribution is 2.30. The number of hydrogen-bond acceptors (Lipinski definition) is 5. The predicted molar refractivity (Wildman–Crippen MR) is 53.4 cm³/mol. The second-order valence-corrected chi connectivity index (χ2v) is 6.04. The maximum atomic E-state index is 11.3. The van der Waals surface area contributed by atoms with Crippen LogP contribution in [0.4, 0.5) is 0 Å². The third-order valence-corrected chi connectivity index (χ3v) is 3.73. The minimum Gasteiger partial charge on any atom is -0.435 e. The van der Waals surface area contributed by atoms with Gasteiger partial charge in [-0.25, -0.2) is 4.18 Å². The summed E-state index contributed by atoms with van der Waals surface area (Å²) in [5.74, 6) is -0.431. The van der Waals surface area contributed by atoms with Crippen LogP contribution in [0.2, 0.25) is 0 Å². The molecule has 0 aromatic rings. The van der Waals surface area contributed by atoms with Gasteiger partial charge in [-0.15, -0.1) is 0 Å². The highest BCUT2D eigenvalue weighted by Gasteiger charge is 2.33. The molecule has 1 fully saturated rings. The molecule has 0 radical (unpaired) electrons. The molecule has 0 spiro atoms.